The minimum atomic E-state index is -1.14. The van der Waals surface area contributed by atoms with Crippen LogP contribution in [0.25, 0.3) is 0 Å². The fourth-order valence-electron chi connectivity index (χ4n) is 2.02. The Hall–Kier alpha value is -2.77. The summed E-state index contributed by atoms with van der Waals surface area (Å²) >= 11 is 0. The molecule has 1 atom stereocenters. The van der Waals surface area contributed by atoms with Crippen LogP contribution in [0.3, 0.4) is 0 Å². The third-order valence-electron chi connectivity index (χ3n) is 3.22. The number of amides is 3. The van der Waals surface area contributed by atoms with Crippen molar-refractivity contribution in [2.45, 2.75) is 19.9 Å². The van der Waals surface area contributed by atoms with Crippen molar-refractivity contribution >= 4 is 23.7 Å². The number of hydrogen-bond donors (Lipinski definition) is 2. The summed E-state index contributed by atoms with van der Waals surface area (Å²) in [5, 5.41) is 11.1. The van der Waals surface area contributed by atoms with Crippen molar-refractivity contribution in [2.24, 2.45) is 0 Å². The fourth-order valence-corrected chi connectivity index (χ4v) is 2.02. The van der Waals surface area contributed by atoms with Crippen molar-refractivity contribution in [3.8, 4) is 0 Å². The van der Waals surface area contributed by atoms with Crippen molar-refractivity contribution in [3.63, 3.8) is 0 Å². The highest BCUT2D eigenvalue weighted by Gasteiger charge is 2.34. The Balaban J connectivity index is 2.31. The van der Waals surface area contributed by atoms with Crippen LogP contribution in [0.15, 0.2) is 12.1 Å². The molecule has 0 radical (unpaired) electrons. The van der Waals surface area contributed by atoms with Crippen molar-refractivity contribution in [2.75, 3.05) is 6.54 Å². The Bertz CT molecular complexity index is 655. The summed E-state index contributed by atoms with van der Waals surface area (Å²) in [6.07, 6.45) is 0. The highest BCUT2D eigenvalue weighted by Crippen LogP contribution is 2.13. The van der Waals surface area contributed by atoms with Crippen LogP contribution in [0, 0.1) is 6.92 Å². The number of aryl methyl sites for hydroxylation is 1. The average molecular weight is 291 g/mol. The van der Waals surface area contributed by atoms with Gasteiger partial charge in [0.15, 0.2) is 0 Å². The molecule has 1 fully saturated rings. The first kappa shape index (κ1) is 14.6. The third-order valence-corrected chi connectivity index (χ3v) is 3.22. The van der Waals surface area contributed by atoms with E-state index in [9.17, 15) is 19.2 Å². The lowest BCUT2D eigenvalue weighted by Crippen LogP contribution is -2.58. The first-order valence-electron chi connectivity index (χ1n) is 6.17. The molecular weight excluding hydrogens is 278 g/mol. The molecule has 110 valence electrons. The summed E-state index contributed by atoms with van der Waals surface area (Å²) in [6.45, 7) is 2.73. The zero-order valence-electron chi connectivity index (χ0n) is 11.4. The number of rotatable bonds is 2. The molecule has 8 nitrogen and oxygen atoms in total. The highest BCUT2D eigenvalue weighted by atomic mass is 16.4. The fraction of sp³-hybridized carbons (Fsp3) is 0.308. The maximum atomic E-state index is 12.3. The van der Waals surface area contributed by atoms with Crippen molar-refractivity contribution in [1.29, 1.82) is 0 Å². The number of imide groups is 1. The van der Waals surface area contributed by atoms with Gasteiger partial charge in [-0.3, -0.25) is 19.7 Å². The van der Waals surface area contributed by atoms with Gasteiger partial charge >= 0.3 is 5.97 Å². The van der Waals surface area contributed by atoms with Crippen LogP contribution in [0.4, 0.5) is 0 Å². The zero-order chi connectivity index (χ0) is 15.7. The number of aromatic nitrogens is 1. The summed E-state index contributed by atoms with van der Waals surface area (Å²) < 4.78 is 0. The van der Waals surface area contributed by atoms with Crippen LogP contribution >= 0.6 is 0 Å². The molecule has 0 bridgehead atoms. The summed E-state index contributed by atoms with van der Waals surface area (Å²) in [7, 11) is 0. The molecule has 21 heavy (non-hydrogen) atoms. The average Bonchev–Trinajstić information content (AvgIpc) is 2.41. The molecular formula is C13H13N3O5. The second-order valence-electron chi connectivity index (χ2n) is 4.66. The van der Waals surface area contributed by atoms with Crippen LogP contribution in [0.5, 0.6) is 0 Å². The molecule has 8 heteroatoms. The predicted octanol–water partition coefficient (Wildman–Crippen LogP) is -0.425. The Labute approximate surface area is 119 Å². The predicted molar refractivity (Wildman–Crippen MR) is 69.6 cm³/mol. The number of carboxylic acid groups (broad SMARTS) is 1. The van der Waals surface area contributed by atoms with E-state index in [0.29, 0.717) is 0 Å². The number of nitrogens with zero attached hydrogens (tertiary/aromatic N) is 2. The van der Waals surface area contributed by atoms with Crippen LogP contribution in [0.2, 0.25) is 0 Å². The van der Waals surface area contributed by atoms with Crippen LogP contribution in [0.1, 0.15) is 33.5 Å². The smallest absolute Gasteiger partial charge is 0.337 e. The second-order valence-corrected chi connectivity index (χ2v) is 4.66. The molecule has 2 rings (SSSR count). The van der Waals surface area contributed by atoms with Gasteiger partial charge in [-0.05, 0) is 26.0 Å². The van der Waals surface area contributed by atoms with E-state index in [1.807, 2.05) is 0 Å². The minimum Gasteiger partial charge on any atom is -0.478 e. The van der Waals surface area contributed by atoms with Gasteiger partial charge in [-0.2, -0.15) is 0 Å². The van der Waals surface area contributed by atoms with Gasteiger partial charge in [0, 0.05) is 0 Å². The molecule has 2 N–H and O–H groups in total. The second kappa shape index (κ2) is 5.31. The lowest BCUT2D eigenvalue weighted by molar-refractivity contribution is -0.138. The van der Waals surface area contributed by atoms with E-state index in [1.165, 1.54) is 26.0 Å². The van der Waals surface area contributed by atoms with E-state index in [1.54, 1.807) is 0 Å². The van der Waals surface area contributed by atoms with E-state index in [4.69, 9.17) is 5.11 Å². The monoisotopic (exact) mass is 291 g/mol. The maximum Gasteiger partial charge on any atom is 0.337 e. The lowest BCUT2D eigenvalue weighted by Gasteiger charge is -2.31. The molecule has 2 heterocycles. The van der Waals surface area contributed by atoms with E-state index < -0.39 is 29.7 Å². The first-order valence-corrected chi connectivity index (χ1v) is 6.17. The minimum absolute atomic E-state index is 0.00735. The molecule has 1 aromatic heterocycles. The summed E-state index contributed by atoms with van der Waals surface area (Å²) in [5.41, 5.74) is 0.174. The van der Waals surface area contributed by atoms with E-state index in [0.717, 1.165) is 4.90 Å². The van der Waals surface area contributed by atoms with Gasteiger partial charge in [0.2, 0.25) is 11.8 Å². The number of pyridine rings is 1. The number of nitrogens with one attached hydrogen (secondary N) is 1. The quantitative estimate of drug-likeness (QED) is 0.714. The molecule has 0 aliphatic carbocycles. The molecule has 1 aliphatic heterocycles. The topological polar surface area (TPSA) is 117 Å². The van der Waals surface area contributed by atoms with Gasteiger partial charge in [-0.15, -0.1) is 0 Å². The summed E-state index contributed by atoms with van der Waals surface area (Å²) in [5.74, 6) is -2.85. The Morgan fingerprint density at radius 1 is 1.38 bits per heavy atom. The van der Waals surface area contributed by atoms with Crippen molar-refractivity contribution in [1.82, 2.24) is 15.2 Å². The van der Waals surface area contributed by atoms with Crippen LogP contribution in [-0.4, -0.2) is 51.3 Å². The van der Waals surface area contributed by atoms with Gasteiger partial charge in [0.05, 0.1) is 11.3 Å². The zero-order valence-corrected chi connectivity index (χ0v) is 11.4. The van der Waals surface area contributed by atoms with E-state index >= 15 is 0 Å². The van der Waals surface area contributed by atoms with Crippen LogP contribution < -0.4 is 5.32 Å². The number of carbonyl (C=O) groups excluding carboxylic acids is 3. The van der Waals surface area contributed by atoms with Gasteiger partial charge in [-0.1, -0.05) is 0 Å². The number of piperazine rings is 1. The standard InChI is InChI=1S/C13H13N3O5/c1-6-8(13(20)21)3-4-9(14-6)12(19)16-5-10(17)15-11(18)7(16)2/h3-4,7H,5H2,1-2H3,(H,20,21)(H,15,17,18). The SMILES string of the molecule is Cc1nc(C(=O)N2CC(=O)NC(=O)C2C)ccc1C(=O)O. The van der Waals surface area contributed by atoms with E-state index in [2.05, 4.69) is 10.3 Å². The van der Waals surface area contributed by atoms with Crippen molar-refractivity contribution in [3.05, 3.63) is 29.1 Å². The third kappa shape index (κ3) is 2.73. The largest absolute Gasteiger partial charge is 0.478 e. The lowest BCUT2D eigenvalue weighted by atomic mass is 10.1. The molecule has 0 saturated carbocycles. The molecule has 1 aromatic rings. The Morgan fingerprint density at radius 3 is 2.62 bits per heavy atom. The van der Waals surface area contributed by atoms with Crippen LogP contribution in [-0.2, 0) is 9.59 Å². The maximum absolute atomic E-state index is 12.3. The van der Waals surface area contributed by atoms with Gasteiger partial charge in [0.1, 0.15) is 18.3 Å². The van der Waals surface area contributed by atoms with Gasteiger partial charge < -0.3 is 10.0 Å². The van der Waals surface area contributed by atoms with Gasteiger partial charge in [0.25, 0.3) is 5.91 Å². The molecule has 3 amide bonds. The summed E-state index contributed by atoms with van der Waals surface area (Å²) in [6, 6.07) is 1.74. The molecule has 0 aromatic carbocycles. The number of aromatic carboxylic acids is 1. The van der Waals surface area contributed by atoms with Crippen molar-refractivity contribution < 1.29 is 24.3 Å². The van der Waals surface area contributed by atoms with E-state index in [-0.39, 0.29) is 23.5 Å². The molecule has 0 spiro atoms. The summed E-state index contributed by atoms with van der Waals surface area (Å²) in [4.78, 5) is 51.2. The molecule has 1 unspecified atom stereocenters. The number of carbonyl (C=O) groups is 4. The Kier molecular flexibility index (Phi) is 3.70. The van der Waals surface area contributed by atoms with Gasteiger partial charge in [-0.25, -0.2) is 9.78 Å². The molecule has 1 aliphatic rings. The molecule has 1 saturated heterocycles. The number of hydrogen-bond acceptors (Lipinski definition) is 5. The first-order chi connectivity index (χ1) is 9.81. The Morgan fingerprint density at radius 2 is 2.05 bits per heavy atom. The normalized spacial score (nSPS) is 18.4. The highest BCUT2D eigenvalue weighted by molar-refractivity contribution is 6.06. The number of carboxylic acids is 1.